The van der Waals surface area contributed by atoms with Crippen LogP contribution in [0.4, 0.5) is 0 Å². The van der Waals surface area contributed by atoms with Crippen LogP contribution < -0.4 is 10.7 Å². The highest BCUT2D eigenvalue weighted by atomic mass is 32.2. The summed E-state index contributed by atoms with van der Waals surface area (Å²) in [4.78, 5) is 40.3. The van der Waals surface area contributed by atoms with Gasteiger partial charge in [-0.15, -0.1) is 5.10 Å². The Morgan fingerprint density at radius 1 is 1.10 bits per heavy atom. The van der Waals surface area contributed by atoms with Gasteiger partial charge in [-0.25, -0.2) is 5.43 Å². The number of nitrogens with zero attached hydrogens (tertiary/aromatic N) is 2. The molecule has 29 heavy (non-hydrogen) atoms. The van der Waals surface area contributed by atoms with Crippen molar-refractivity contribution in [2.45, 2.75) is 57.4 Å². The van der Waals surface area contributed by atoms with Gasteiger partial charge in [0.15, 0.2) is 5.17 Å². The van der Waals surface area contributed by atoms with Crippen molar-refractivity contribution in [1.29, 1.82) is 0 Å². The SMILES string of the molecule is CN1CCS/C1=N\NC(=O)C(=O)[C@@H](NC(=O)C1CCCCCC1)C1CCOCC1. The Balaban J connectivity index is 1.65. The van der Waals surface area contributed by atoms with E-state index in [-0.39, 0.29) is 17.7 Å². The van der Waals surface area contributed by atoms with Crippen LogP contribution in [0.1, 0.15) is 51.4 Å². The third kappa shape index (κ3) is 6.18. The molecule has 1 saturated carbocycles. The highest BCUT2D eigenvalue weighted by Crippen LogP contribution is 2.25. The molecule has 0 aromatic rings. The standard InChI is InChI=1S/C20H32N4O4S/c1-24-10-13-29-20(24)23-22-19(27)17(25)16(14-8-11-28-12-9-14)21-18(26)15-6-4-2-3-5-7-15/h14-16H,2-13H2,1H3,(H,21,26)(H,22,27)/b23-20-/t16-/m0/s1. The van der Waals surface area contributed by atoms with Gasteiger partial charge in [0.2, 0.25) is 11.7 Å². The number of hydrogen-bond donors (Lipinski definition) is 2. The van der Waals surface area contributed by atoms with Crippen molar-refractivity contribution in [3.8, 4) is 0 Å². The fourth-order valence-corrected chi connectivity index (χ4v) is 5.12. The Kier molecular flexibility index (Phi) is 8.35. The first-order valence-corrected chi connectivity index (χ1v) is 11.7. The number of carbonyl (C=O) groups is 3. The number of ether oxygens (including phenoxy) is 1. The van der Waals surface area contributed by atoms with Gasteiger partial charge in [0.05, 0.1) is 0 Å². The first-order chi connectivity index (χ1) is 14.1. The van der Waals surface area contributed by atoms with Crippen LogP contribution in [0.15, 0.2) is 5.10 Å². The molecular formula is C20H32N4O4S. The fourth-order valence-electron chi connectivity index (χ4n) is 4.15. The lowest BCUT2D eigenvalue weighted by molar-refractivity contribution is -0.142. The van der Waals surface area contributed by atoms with Gasteiger partial charge in [-0.3, -0.25) is 14.4 Å². The van der Waals surface area contributed by atoms with Gasteiger partial charge in [-0.05, 0) is 31.6 Å². The third-order valence-corrected chi connectivity index (χ3v) is 7.05. The van der Waals surface area contributed by atoms with E-state index >= 15 is 0 Å². The summed E-state index contributed by atoms with van der Waals surface area (Å²) >= 11 is 1.54. The fraction of sp³-hybridized carbons (Fsp3) is 0.800. The predicted molar refractivity (Wildman–Crippen MR) is 112 cm³/mol. The van der Waals surface area contributed by atoms with Crippen LogP contribution in [0.2, 0.25) is 0 Å². The van der Waals surface area contributed by atoms with Gasteiger partial charge >= 0.3 is 5.91 Å². The molecular weight excluding hydrogens is 392 g/mol. The Morgan fingerprint density at radius 3 is 2.41 bits per heavy atom. The number of ketones is 1. The van der Waals surface area contributed by atoms with Crippen molar-refractivity contribution >= 4 is 34.5 Å². The number of amidine groups is 1. The number of thioether (sulfide) groups is 1. The van der Waals surface area contributed by atoms with Gasteiger partial charge in [-0.2, -0.15) is 0 Å². The summed E-state index contributed by atoms with van der Waals surface area (Å²) in [5.41, 5.74) is 2.39. The number of amides is 2. The second kappa shape index (κ2) is 11.0. The number of rotatable bonds is 6. The van der Waals surface area contributed by atoms with E-state index in [1.807, 2.05) is 11.9 Å². The molecule has 2 N–H and O–H groups in total. The number of hydrogen-bond acceptors (Lipinski definition) is 6. The Hall–Kier alpha value is -1.61. The van der Waals surface area contributed by atoms with Crippen LogP contribution >= 0.6 is 11.8 Å². The van der Waals surface area contributed by atoms with E-state index in [1.54, 1.807) is 0 Å². The van der Waals surface area contributed by atoms with Crippen LogP contribution in [0.25, 0.3) is 0 Å². The largest absolute Gasteiger partial charge is 0.381 e. The first kappa shape index (κ1) is 22.1. The van der Waals surface area contributed by atoms with Crippen molar-refractivity contribution in [3.63, 3.8) is 0 Å². The van der Waals surface area contributed by atoms with Crippen LogP contribution in [0.5, 0.6) is 0 Å². The molecule has 3 rings (SSSR count). The summed E-state index contributed by atoms with van der Waals surface area (Å²) in [5, 5.41) is 7.71. The third-order valence-electron chi connectivity index (χ3n) is 6.00. The zero-order valence-electron chi connectivity index (χ0n) is 17.2. The van der Waals surface area contributed by atoms with Crippen molar-refractivity contribution in [1.82, 2.24) is 15.6 Å². The van der Waals surface area contributed by atoms with Crippen LogP contribution in [0, 0.1) is 11.8 Å². The predicted octanol–water partition coefficient (Wildman–Crippen LogP) is 1.50. The minimum atomic E-state index is -0.816. The summed E-state index contributed by atoms with van der Waals surface area (Å²) in [5.74, 6) is -0.736. The summed E-state index contributed by atoms with van der Waals surface area (Å²) in [6, 6.07) is -0.816. The maximum atomic E-state index is 13.0. The minimum Gasteiger partial charge on any atom is -0.381 e. The van der Waals surface area contributed by atoms with Crippen molar-refractivity contribution < 1.29 is 19.1 Å². The molecule has 0 spiro atoms. The maximum Gasteiger partial charge on any atom is 0.309 e. The topological polar surface area (TPSA) is 100 Å². The lowest BCUT2D eigenvalue weighted by Gasteiger charge is -2.30. The molecule has 8 nitrogen and oxygen atoms in total. The zero-order chi connectivity index (χ0) is 20.6. The summed E-state index contributed by atoms with van der Waals surface area (Å²) in [6.45, 7) is 1.94. The molecule has 0 unspecified atom stereocenters. The van der Waals surface area contributed by atoms with E-state index in [9.17, 15) is 14.4 Å². The van der Waals surface area contributed by atoms with Crippen molar-refractivity contribution in [2.24, 2.45) is 16.9 Å². The van der Waals surface area contributed by atoms with Gasteiger partial charge in [0.1, 0.15) is 6.04 Å². The lowest BCUT2D eigenvalue weighted by Crippen LogP contribution is -2.53. The van der Waals surface area contributed by atoms with E-state index in [0.29, 0.717) is 31.2 Å². The number of nitrogens with one attached hydrogen (secondary N) is 2. The normalized spacial score (nSPS) is 24.2. The van der Waals surface area contributed by atoms with Crippen molar-refractivity contribution in [2.75, 3.05) is 32.6 Å². The van der Waals surface area contributed by atoms with Gasteiger partial charge in [0.25, 0.3) is 0 Å². The molecule has 2 aliphatic heterocycles. The average Bonchev–Trinajstić information content (AvgIpc) is 2.97. The maximum absolute atomic E-state index is 13.0. The lowest BCUT2D eigenvalue weighted by atomic mass is 9.87. The Labute approximate surface area is 176 Å². The smallest absolute Gasteiger partial charge is 0.309 e. The van der Waals surface area contributed by atoms with E-state index in [4.69, 9.17) is 4.74 Å². The molecule has 3 aliphatic rings. The quantitative estimate of drug-likeness (QED) is 0.381. The monoisotopic (exact) mass is 424 g/mol. The van der Waals surface area contributed by atoms with Crippen molar-refractivity contribution in [3.05, 3.63) is 0 Å². The van der Waals surface area contributed by atoms with E-state index in [1.165, 1.54) is 11.8 Å². The van der Waals surface area contributed by atoms with E-state index in [0.717, 1.165) is 50.8 Å². The minimum absolute atomic E-state index is 0.0699. The van der Waals surface area contributed by atoms with Gasteiger partial charge < -0.3 is 15.0 Å². The Bertz CT molecular complexity index is 628. The van der Waals surface area contributed by atoms with Crippen LogP contribution in [0.3, 0.4) is 0 Å². The molecule has 0 radical (unpaired) electrons. The molecule has 0 aromatic heterocycles. The molecule has 2 saturated heterocycles. The zero-order valence-corrected chi connectivity index (χ0v) is 18.0. The second-order valence-corrected chi connectivity index (χ2v) is 9.16. The molecule has 2 heterocycles. The molecule has 1 aliphatic carbocycles. The molecule has 0 bridgehead atoms. The summed E-state index contributed by atoms with van der Waals surface area (Å²) in [6.07, 6.45) is 7.40. The second-order valence-electron chi connectivity index (χ2n) is 8.09. The number of hydrazone groups is 1. The van der Waals surface area contributed by atoms with Gasteiger partial charge in [-0.1, -0.05) is 37.4 Å². The van der Waals surface area contributed by atoms with Crippen LogP contribution in [-0.2, 0) is 19.1 Å². The molecule has 9 heteroatoms. The van der Waals surface area contributed by atoms with E-state index < -0.39 is 17.7 Å². The molecule has 3 fully saturated rings. The number of carbonyl (C=O) groups excluding carboxylic acids is 3. The molecule has 1 atom stereocenters. The first-order valence-electron chi connectivity index (χ1n) is 10.7. The van der Waals surface area contributed by atoms with E-state index in [2.05, 4.69) is 15.8 Å². The Morgan fingerprint density at radius 2 is 1.79 bits per heavy atom. The van der Waals surface area contributed by atoms with Crippen LogP contribution in [-0.4, -0.2) is 66.3 Å². The summed E-state index contributed by atoms with van der Waals surface area (Å²) in [7, 11) is 1.89. The highest BCUT2D eigenvalue weighted by molar-refractivity contribution is 8.14. The average molecular weight is 425 g/mol. The highest BCUT2D eigenvalue weighted by Gasteiger charge is 2.36. The summed E-state index contributed by atoms with van der Waals surface area (Å²) < 4.78 is 5.40. The number of Topliss-reactive ketones (excluding diaryl/α,β-unsaturated/α-hetero) is 1. The molecule has 162 valence electrons. The molecule has 2 amide bonds. The molecule has 0 aromatic carbocycles. The van der Waals surface area contributed by atoms with Gasteiger partial charge in [0, 0.05) is 38.5 Å².